The number of carbonyl (C=O) groups is 1. The molecule has 0 aliphatic heterocycles. The van der Waals surface area contributed by atoms with Crippen LogP contribution in [0.1, 0.15) is 5.56 Å². The molecule has 0 atom stereocenters. The summed E-state index contributed by atoms with van der Waals surface area (Å²) in [7, 11) is 0. The first-order valence-corrected chi connectivity index (χ1v) is 6.11. The van der Waals surface area contributed by atoms with Crippen molar-refractivity contribution in [3.8, 4) is 0 Å². The zero-order valence-corrected chi connectivity index (χ0v) is 10.4. The summed E-state index contributed by atoms with van der Waals surface area (Å²) < 4.78 is 39.6. The quantitative estimate of drug-likeness (QED) is 0.795. The summed E-state index contributed by atoms with van der Waals surface area (Å²) >= 11 is -0.785. The fourth-order valence-electron chi connectivity index (χ4n) is 1.64. The SMILES string of the molecule is O=C(Cc1ccc2ccccc2c1)OSC(F)(F)F. The molecule has 2 rings (SSSR count). The van der Waals surface area contributed by atoms with Gasteiger partial charge in [0.15, 0.2) is 12.0 Å². The number of hydrogen-bond donors (Lipinski definition) is 0. The first kappa shape index (κ1) is 13.7. The van der Waals surface area contributed by atoms with Gasteiger partial charge in [0.25, 0.3) is 0 Å². The maximum Gasteiger partial charge on any atom is 0.479 e. The van der Waals surface area contributed by atoms with Gasteiger partial charge in [-0.15, -0.1) is 0 Å². The molecule has 0 aromatic heterocycles. The topological polar surface area (TPSA) is 26.3 Å². The lowest BCUT2D eigenvalue weighted by atomic mass is 10.1. The minimum atomic E-state index is -4.57. The van der Waals surface area contributed by atoms with E-state index < -0.39 is 23.5 Å². The van der Waals surface area contributed by atoms with E-state index in [1.54, 1.807) is 12.1 Å². The van der Waals surface area contributed by atoms with Gasteiger partial charge in [-0.3, -0.25) is 4.79 Å². The number of fused-ring (bicyclic) bond motifs is 1. The van der Waals surface area contributed by atoms with Crippen molar-refractivity contribution in [1.29, 1.82) is 0 Å². The lowest BCUT2D eigenvalue weighted by molar-refractivity contribution is -0.133. The predicted octanol–water partition coefficient (Wildman–Crippen LogP) is 4.09. The Morgan fingerprint density at radius 1 is 1.11 bits per heavy atom. The van der Waals surface area contributed by atoms with Gasteiger partial charge in [0.05, 0.1) is 6.42 Å². The molecule has 0 aliphatic rings. The number of halogens is 3. The Morgan fingerprint density at radius 3 is 2.47 bits per heavy atom. The first-order valence-electron chi connectivity index (χ1n) is 5.37. The van der Waals surface area contributed by atoms with Crippen molar-refractivity contribution in [2.45, 2.75) is 11.9 Å². The van der Waals surface area contributed by atoms with Crippen LogP contribution in [0, 0.1) is 0 Å². The van der Waals surface area contributed by atoms with E-state index in [0.29, 0.717) is 5.56 Å². The second-order valence-corrected chi connectivity index (χ2v) is 4.64. The van der Waals surface area contributed by atoms with E-state index in [1.165, 1.54) is 0 Å². The standard InChI is InChI=1S/C13H9F3O2S/c14-13(15,16)19-18-12(17)8-9-5-6-10-3-1-2-4-11(10)7-9/h1-7H,8H2. The predicted molar refractivity (Wildman–Crippen MR) is 67.4 cm³/mol. The first-order chi connectivity index (χ1) is 8.94. The number of alkyl halides is 3. The number of rotatable bonds is 3. The highest BCUT2D eigenvalue weighted by atomic mass is 32.2. The average molecular weight is 286 g/mol. The van der Waals surface area contributed by atoms with Crippen LogP contribution >= 0.6 is 12.0 Å². The summed E-state index contributed by atoms with van der Waals surface area (Å²) in [5.74, 6) is -0.919. The Kier molecular flexibility index (Phi) is 3.99. The van der Waals surface area contributed by atoms with Crippen LogP contribution < -0.4 is 0 Å². The van der Waals surface area contributed by atoms with Crippen molar-refractivity contribution in [3.05, 3.63) is 48.0 Å². The highest BCUT2D eigenvalue weighted by molar-refractivity contribution is 7.95. The molecule has 6 heteroatoms. The molecular weight excluding hydrogens is 277 g/mol. The van der Waals surface area contributed by atoms with Crippen LogP contribution in [0.5, 0.6) is 0 Å². The monoisotopic (exact) mass is 286 g/mol. The number of hydrogen-bond acceptors (Lipinski definition) is 3. The second kappa shape index (κ2) is 5.52. The summed E-state index contributed by atoms with van der Waals surface area (Å²) in [4.78, 5) is 11.3. The van der Waals surface area contributed by atoms with Gasteiger partial charge in [-0.25, -0.2) is 0 Å². The van der Waals surface area contributed by atoms with E-state index in [1.807, 2.05) is 30.3 Å². The summed E-state index contributed by atoms with van der Waals surface area (Å²) in [6.45, 7) is 0. The molecule has 0 bridgehead atoms. The molecule has 0 heterocycles. The maximum absolute atomic E-state index is 11.8. The van der Waals surface area contributed by atoms with Gasteiger partial charge in [-0.1, -0.05) is 42.5 Å². The molecule has 0 aliphatic carbocycles. The van der Waals surface area contributed by atoms with Crippen molar-refractivity contribution in [2.24, 2.45) is 0 Å². The highest BCUT2D eigenvalue weighted by Crippen LogP contribution is 2.31. The molecule has 0 unspecified atom stereocenters. The van der Waals surface area contributed by atoms with E-state index in [9.17, 15) is 18.0 Å². The molecule has 100 valence electrons. The number of carbonyl (C=O) groups excluding carboxylic acids is 1. The third-order valence-corrected chi connectivity index (χ3v) is 2.85. The van der Waals surface area contributed by atoms with Crippen LogP contribution in [0.2, 0.25) is 0 Å². The van der Waals surface area contributed by atoms with E-state index in [2.05, 4.69) is 4.18 Å². The normalized spacial score (nSPS) is 11.5. The number of benzene rings is 2. The van der Waals surface area contributed by atoms with Crippen molar-refractivity contribution in [2.75, 3.05) is 0 Å². The van der Waals surface area contributed by atoms with Crippen LogP contribution in [0.25, 0.3) is 10.8 Å². The molecular formula is C13H9F3O2S. The Balaban J connectivity index is 2.03. The molecule has 2 nitrogen and oxygen atoms in total. The molecule has 0 saturated carbocycles. The second-order valence-electron chi connectivity index (χ2n) is 3.84. The Morgan fingerprint density at radius 2 is 1.79 bits per heavy atom. The summed E-state index contributed by atoms with van der Waals surface area (Å²) in [6.07, 6.45) is -0.187. The van der Waals surface area contributed by atoms with E-state index >= 15 is 0 Å². The minimum absolute atomic E-state index is 0.187. The van der Waals surface area contributed by atoms with Gasteiger partial charge in [0.2, 0.25) is 0 Å². The molecule has 0 N–H and O–H groups in total. The van der Waals surface area contributed by atoms with Gasteiger partial charge >= 0.3 is 11.5 Å². The summed E-state index contributed by atoms with van der Waals surface area (Å²) in [5, 5.41) is 1.93. The molecule has 0 radical (unpaired) electrons. The van der Waals surface area contributed by atoms with Gasteiger partial charge in [0.1, 0.15) is 0 Å². The molecule has 19 heavy (non-hydrogen) atoms. The van der Waals surface area contributed by atoms with Crippen LogP contribution in [0.4, 0.5) is 13.2 Å². The van der Waals surface area contributed by atoms with Gasteiger partial charge in [-0.05, 0) is 16.3 Å². The van der Waals surface area contributed by atoms with E-state index in [-0.39, 0.29) is 6.42 Å². The molecule has 0 fully saturated rings. The largest absolute Gasteiger partial charge is 0.479 e. The molecule has 2 aromatic rings. The molecule has 0 amide bonds. The van der Waals surface area contributed by atoms with Crippen LogP contribution in [-0.4, -0.2) is 11.5 Å². The van der Waals surface area contributed by atoms with Crippen molar-refractivity contribution in [3.63, 3.8) is 0 Å². The summed E-state index contributed by atoms with van der Waals surface area (Å²) in [5.41, 5.74) is -3.95. The molecule has 2 aromatic carbocycles. The van der Waals surface area contributed by atoms with E-state index in [4.69, 9.17) is 0 Å². The lowest BCUT2D eigenvalue weighted by Gasteiger charge is -2.06. The summed E-state index contributed by atoms with van der Waals surface area (Å²) in [6, 6.07) is 12.8. The van der Waals surface area contributed by atoms with Crippen molar-refractivity contribution < 1.29 is 22.1 Å². The zero-order valence-electron chi connectivity index (χ0n) is 9.61. The average Bonchev–Trinajstić information content (AvgIpc) is 2.35. The highest BCUT2D eigenvalue weighted by Gasteiger charge is 2.32. The van der Waals surface area contributed by atoms with Gasteiger partial charge in [-0.2, -0.15) is 13.2 Å². The fraction of sp³-hybridized carbons (Fsp3) is 0.154. The Labute approximate surface area is 111 Å². The van der Waals surface area contributed by atoms with Gasteiger partial charge < -0.3 is 4.18 Å². The van der Waals surface area contributed by atoms with Crippen molar-refractivity contribution >= 4 is 28.8 Å². The lowest BCUT2D eigenvalue weighted by Crippen LogP contribution is -2.08. The van der Waals surface area contributed by atoms with Crippen LogP contribution in [0.15, 0.2) is 42.5 Å². The van der Waals surface area contributed by atoms with Gasteiger partial charge in [0, 0.05) is 0 Å². The Bertz CT molecular complexity index is 596. The Hall–Kier alpha value is -1.69. The minimum Gasteiger partial charge on any atom is -0.382 e. The third kappa shape index (κ3) is 4.17. The fourth-order valence-corrected chi connectivity index (χ4v) is 1.88. The van der Waals surface area contributed by atoms with Crippen LogP contribution in [-0.2, 0) is 15.4 Å². The molecule has 0 spiro atoms. The third-order valence-electron chi connectivity index (χ3n) is 2.39. The van der Waals surface area contributed by atoms with E-state index in [0.717, 1.165) is 10.8 Å². The molecule has 0 saturated heterocycles. The van der Waals surface area contributed by atoms with Crippen molar-refractivity contribution in [1.82, 2.24) is 0 Å². The smallest absolute Gasteiger partial charge is 0.382 e. The van der Waals surface area contributed by atoms with Crippen LogP contribution in [0.3, 0.4) is 0 Å². The maximum atomic E-state index is 11.8. The zero-order chi connectivity index (χ0) is 13.9.